The highest BCUT2D eigenvalue weighted by Gasteiger charge is 2.33. The van der Waals surface area contributed by atoms with E-state index in [1.165, 1.54) is 4.90 Å². The van der Waals surface area contributed by atoms with Gasteiger partial charge in [-0.15, -0.1) is 0 Å². The van der Waals surface area contributed by atoms with Crippen LogP contribution in [0.1, 0.15) is 34.8 Å². The number of amides is 3. The maximum absolute atomic E-state index is 13.2. The molecule has 6 rings (SSSR count). The summed E-state index contributed by atoms with van der Waals surface area (Å²) in [7, 11) is 0. The molecule has 10 nitrogen and oxygen atoms in total. The molecule has 2 aliphatic rings. The maximum atomic E-state index is 13.2. The number of carbonyl (C=O) groups excluding carboxylic acids is 2. The predicted molar refractivity (Wildman–Crippen MR) is 130 cm³/mol. The van der Waals surface area contributed by atoms with Crippen LogP contribution in [0.15, 0.2) is 60.9 Å². The molecule has 1 saturated carbocycles. The van der Waals surface area contributed by atoms with Crippen molar-refractivity contribution in [2.24, 2.45) is 0 Å². The number of hydrogen-bond donors (Lipinski definition) is 1. The Kier molecular flexibility index (Phi) is 5.21. The average Bonchev–Trinajstić information content (AvgIpc) is 3.68. The molecule has 0 atom stereocenters. The van der Waals surface area contributed by atoms with Crippen LogP contribution in [0.25, 0.3) is 28.0 Å². The van der Waals surface area contributed by atoms with E-state index in [4.69, 9.17) is 10.2 Å². The van der Waals surface area contributed by atoms with E-state index in [9.17, 15) is 14.4 Å². The Bertz CT molecular complexity index is 1490. The molecule has 0 unspecified atom stereocenters. The van der Waals surface area contributed by atoms with Crippen molar-refractivity contribution in [2.45, 2.75) is 18.8 Å². The van der Waals surface area contributed by atoms with E-state index in [1.807, 2.05) is 36.4 Å². The fourth-order valence-electron chi connectivity index (χ4n) is 4.52. The van der Waals surface area contributed by atoms with Crippen LogP contribution in [-0.2, 0) is 4.79 Å². The van der Waals surface area contributed by atoms with Gasteiger partial charge in [0.2, 0.25) is 0 Å². The van der Waals surface area contributed by atoms with Crippen molar-refractivity contribution >= 4 is 28.8 Å². The Morgan fingerprint density at radius 3 is 2.36 bits per heavy atom. The number of fused-ring (bicyclic) bond motifs is 1. The molecule has 3 heterocycles. The van der Waals surface area contributed by atoms with E-state index in [1.54, 1.807) is 29.2 Å². The molecular formula is C26H22N6O4. The molecule has 0 bridgehead atoms. The molecular weight excluding hydrogens is 460 g/mol. The molecule has 1 aliphatic carbocycles. The van der Waals surface area contributed by atoms with Gasteiger partial charge in [-0.05, 0) is 30.5 Å². The third kappa shape index (κ3) is 3.86. The molecule has 10 heteroatoms. The van der Waals surface area contributed by atoms with Crippen molar-refractivity contribution in [3.05, 3.63) is 72.2 Å². The van der Waals surface area contributed by atoms with Gasteiger partial charge < -0.3 is 10.0 Å². The lowest BCUT2D eigenvalue weighted by Gasteiger charge is -2.31. The molecule has 2 aromatic heterocycles. The first-order valence-corrected chi connectivity index (χ1v) is 11.7. The van der Waals surface area contributed by atoms with Crippen molar-refractivity contribution < 1.29 is 19.5 Å². The van der Waals surface area contributed by atoms with E-state index in [0.29, 0.717) is 22.9 Å². The van der Waals surface area contributed by atoms with Gasteiger partial charge >= 0.3 is 6.09 Å². The first-order chi connectivity index (χ1) is 17.5. The zero-order valence-corrected chi connectivity index (χ0v) is 19.2. The molecule has 4 aromatic rings. The first kappa shape index (κ1) is 21.9. The minimum absolute atomic E-state index is 0.0481. The summed E-state index contributed by atoms with van der Waals surface area (Å²) in [5.41, 5.74) is 3.97. The second kappa shape index (κ2) is 8.56. The van der Waals surface area contributed by atoms with Gasteiger partial charge in [0.1, 0.15) is 6.54 Å². The second-order valence-electron chi connectivity index (χ2n) is 9.00. The van der Waals surface area contributed by atoms with Gasteiger partial charge in [0, 0.05) is 47.9 Å². The number of rotatable bonds is 4. The number of carbonyl (C=O) groups is 3. The van der Waals surface area contributed by atoms with Crippen LogP contribution in [0.4, 0.5) is 4.79 Å². The highest BCUT2D eigenvalue weighted by molar-refractivity contribution is 6.02. The van der Waals surface area contributed by atoms with Gasteiger partial charge in [0.05, 0.1) is 11.2 Å². The largest absolute Gasteiger partial charge is 0.465 e. The fraction of sp³-hybridized carbons (Fsp3) is 0.231. The number of benzene rings is 2. The third-order valence-electron chi connectivity index (χ3n) is 6.59. The van der Waals surface area contributed by atoms with Crippen molar-refractivity contribution in [3.63, 3.8) is 0 Å². The highest BCUT2D eigenvalue weighted by Crippen LogP contribution is 2.43. The number of nitrogens with zero attached hydrogens (tertiary/aromatic N) is 6. The number of imide groups is 1. The van der Waals surface area contributed by atoms with Crippen molar-refractivity contribution in [3.8, 4) is 17.1 Å². The van der Waals surface area contributed by atoms with Gasteiger partial charge in [-0.2, -0.15) is 9.78 Å². The fourth-order valence-corrected chi connectivity index (χ4v) is 4.52. The minimum atomic E-state index is -1.30. The smallest absolute Gasteiger partial charge is 0.414 e. The molecule has 180 valence electrons. The molecule has 1 aliphatic heterocycles. The Balaban J connectivity index is 1.35. The van der Waals surface area contributed by atoms with Crippen molar-refractivity contribution in [1.29, 1.82) is 0 Å². The van der Waals surface area contributed by atoms with E-state index in [-0.39, 0.29) is 25.5 Å². The summed E-state index contributed by atoms with van der Waals surface area (Å²) in [5, 5.41) is 14.9. The number of hydrogen-bond acceptors (Lipinski definition) is 6. The van der Waals surface area contributed by atoms with Gasteiger partial charge in [0.25, 0.3) is 17.8 Å². The molecule has 1 N–H and O–H groups in total. The van der Waals surface area contributed by atoms with Crippen LogP contribution in [0, 0.1) is 0 Å². The van der Waals surface area contributed by atoms with Gasteiger partial charge in [-0.1, -0.05) is 36.4 Å². The van der Waals surface area contributed by atoms with E-state index in [2.05, 4.69) is 9.97 Å². The zero-order valence-electron chi connectivity index (χ0n) is 19.2. The quantitative estimate of drug-likeness (QED) is 0.474. The van der Waals surface area contributed by atoms with Crippen LogP contribution in [0.2, 0.25) is 0 Å². The SMILES string of the molecule is O=C(c1ccc2c(C3CC3)nn(-c3ncc(-c4ccccc4)cn3)c2c1)N1CCN(C(=O)O)C(=O)C1. The summed E-state index contributed by atoms with van der Waals surface area (Å²) in [5.74, 6) is -0.172. The molecule has 3 amide bonds. The van der Waals surface area contributed by atoms with Crippen LogP contribution in [0.3, 0.4) is 0 Å². The number of piperazine rings is 1. The number of aromatic nitrogens is 4. The maximum Gasteiger partial charge on any atom is 0.414 e. The first-order valence-electron chi connectivity index (χ1n) is 11.7. The van der Waals surface area contributed by atoms with Crippen molar-refractivity contribution in [1.82, 2.24) is 29.5 Å². The van der Waals surface area contributed by atoms with E-state index >= 15 is 0 Å². The normalized spacial score (nSPS) is 15.9. The minimum Gasteiger partial charge on any atom is -0.465 e. The standard InChI is InChI=1S/C26H22N6O4/c33-22-15-30(10-11-31(22)26(35)36)24(34)18-8-9-20-21(12-18)32(29-23(20)17-6-7-17)25-27-13-19(14-28-25)16-4-2-1-3-5-16/h1-5,8-9,12-14,17H,6-7,10-11,15H2,(H,35,36). The van der Waals surface area contributed by atoms with E-state index in [0.717, 1.165) is 39.9 Å². The van der Waals surface area contributed by atoms with Gasteiger partial charge in [-0.3, -0.25) is 9.59 Å². The Morgan fingerprint density at radius 1 is 0.944 bits per heavy atom. The lowest BCUT2D eigenvalue weighted by Crippen LogP contribution is -2.53. The Morgan fingerprint density at radius 2 is 1.69 bits per heavy atom. The third-order valence-corrected chi connectivity index (χ3v) is 6.59. The summed E-state index contributed by atoms with van der Waals surface area (Å²) >= 11 is 0. The molecule has 2 aromatic carbocycles. The van der Waals surface area contributed by atoms with Crippen LogP contribution < -0.4 is 0 Å². The average molecular weight is 483 g/mol. The van der Waals surface area contributed by atoms with E-state index < -0.39 is 12.0 Å². The molecule has 2 fully saturated rings. The molecule has 0 spiro atoms. The van der Waals surface area contributed by atoms with Crippen LogP contribution in [-0.4, -0.2) is 72.2 Å². The van der Waals surface area contributed by atoms with Crippen LogP contribution >= 0.6 is 0 Å². The zero-order chi connectivity index (χ0) is 24.8. The summed E-state index contributed by atoms with van der Waals surface area (Å²) in [6.45, 7) is -0.182. The topological polar surface area (TPSA) is 122 Å². The monoisotopic (exact) mass is 482 g/mol. The Hall–Kier alpha value is -4.60. The van der Waals surface area contributed by atoms with Gasteiger partial charge in [0.15, 0.2) is 0 Å². The lowest BCUT2D eigenvalue weighted by molar-refractivity contribution is -0.132. The summed E-state index contributed by atoms with van der Waals surface area (Å²) in [6.07, 6.45) is 4.34. The summed E-state index contributed by atoms with van der Waals surface area (Å²) in [4.78, 5) is 47.8. The number of carboxylic acid groups (broad SMARTS) is 1. The molecule has 0 radical (unpaired) electrons. The highest BCUT2D eigenvalue weighted by atomic mass is 16.4. The summed E-state index contributed by atoms with van der Waals surface area (Å²) < 4.78 is 1.67. The molecule has 36 heavy (non-hydrogen) atoms. The van der Waals surface area contributed by atoms with Crippen LogP contribution in [0.5, 0.6) is 0 Å². The van der Waals surface area contributed by atoms with Crippen molar-refractivity contribution in [2.75, 3.05) is 19.6 Å². The summed E-state index contributed by atoms with van der Waals surface area (Å²) in [6, 6.07) is 15.2. The Labute approximate surface area is 205 Å². The molecule has 1 saturated heterocycles. The van der Waals surface area contributed by atoms with Gasteiger partial charge in [-0.25, -0.2) is 19.7 Å². The predicted octanol–water partition coefficient (Wildman–Crippen LogP) is 3.32. The second-order valence-corrected chi connectivity index (χ2v) is 9.00. The lowest BCUT2D eigenvalue weighted by atomic mass is 10.1.